The Morgan fingerprint density at radius 2 is 1.27 bits per heavy atom. The van der Waals surface area contributed by atoms with Crippen molar-refractivity contribution in [3.8, 4) is 0 Å². The number of carbonyl (C=O) groups is 1. The van der Waals surface area contributed by atoms with Crippen LogP contribution >= 0.6 is 0 Å². The van der Waals surface area contributed by atoms with E-state index in [-0.39, 0.29) is 24.4 Å². The normalized spacial score (nSPS) is 16.6. The Balaban J connectivity index is 3.72. The summed E-state index contributed by atoms with van der Waals surface area (Å²) in [5.74, 6) is -0.448. The van der Waals surface area contributed by atoms with Crippen molar-refractivity contribution in [3.05, 3.63) is 12.7 Å². The number of rotatable bonds is 13. The predicted molar refractivity (Wildman–Crippen MR) is 83.9 cm³/mol. The van der Waals surface area contributed by atoms with Gasteiger partial charge in [-0.1, -0.05) is 6.58 Å². The molecule has 0 fully saturated rings. The van der Waals surface area contributed by atoms with Crippen LogP contribution in [0.2, 0.25) is 0 Å². The molecule has 0 aliphatic heterocycles. The lowest BCUT2D eigenvalue weighted by molar-refractivity contribution is -0.147. The van der Waals surface area contributed by atoms with E-state index >= 15 is 0 Å². The fraction of sp³-hybridized carbons (Fsp3) is 0.812. The quantitative estimate of drug-likeness (QED) is 0.382. The second-order valence-corrected chi connectivity index (χ2v) is 5.34. The molecule has 22 heavy (non-hydrogen) atoms. The highest BCUT2D eigenvalue weighted by Crippen LogP contribution is 2.02. The Bertz CT molecular complexity index is 307. The Labute approximate surface area is 133 Å². The van der Waals surface area contributed by atoms with E-state index in [1.807, 2.05) is 20.8 Å². The molecule has 4 unspecified atom stereocenters. The molecule has 6 nitrogen and oxygen atoms in total. The molecule has 0 amide bonds. The van der Waals surface area contributed by atoms with Crippen LogP contribution in [0.15, 0.2) is 12.7 Å². The summed E-state index contributed by atoms with van der Waals surface area (Å²) in [6, 6.07) is 0. The van der Waals surface area contributed by atoms with Crippen LogP contribution in [0.1, 0.15) is 27.7 Å². The van der Waals surface area contributed by atoms with Crippen molar-refractivity contribution < 1.29 is 28.5 Å². The van der Waals surface area contributed by atoms with Crippen molar-refractivity contribution in [1.82, 2.24) is 0 Å². The number of ether oxygens (including phenoxy) is 5. The molecule has 0 aromatic heterocycles. The van der Waals surface area contributed by atoms with Gasteiger partial charge in [-0.05, 0) is 27.7 Å². The van der Waals surface area contributed by atoms with Gasteiger partial charge in [-0.3, -0.25) is 0 Å². The van der Waals surface area contributed by atoms with E-state index in [9.17, 15) is 4.79 Å². The molecule has 0 radical (unpaired) electrons. The SMILES string of the molecule is C=CC(=O)OC(C)COC(C)COC(C)COC(C)COC. The summed E-state index contributed by atoms with van der Waals surface area (Å²) in [5, 5.41) is 0. The molecule has 4 atom stereocenters. The zero-order chi connectivity index (χ0) is 17.0. The molecule has 0 aromatic rings. The number of hydrogen-bond donors (Lipinski definition) is 0. The summed E-state index contributed by atoms with van der Waals surface area (Å²) in [6.45, 7) is 12.8. The highest BCUT2D eigenvalue weighted by molar-refractivity contribution is 5.81. The molecule has 130 valence electrons. The van der Waals surface area contributed by atoms with Crippen LogP contribution in [-0.4, -0.2) is 63.9 Å². The molecule has 0 aliphatic carbocycles. The van der Waals surface area contributed by atoms with Crippen molar-refractivity contribution >= 4 is 5.97 Å². The third-order valence-corrected chi connectivity index (χ3v) is 2.73. The molecule has 0 spiro atoms. The summed E-state index contributed by atoms with van der Waals surface area (Å²) in [7, 11) is 1.64. The van der Waals surface area contributed by atoms with Crippen molar-refractivity contribution in [2.24, 2.45) is 0 Å². The molecule has 0 aromatic carbocycles. The topological polar surface area (TPSA) is 63.2 Å². The fourth-order valence-electron chi connectivity index (χ4n) is 1.56. The first-order valence-electron chi connectivity index (χ1n) is 7.55. The summed E-state index contributed by atoms with van der Waals surface area (Å²) in [4.78, 5) is 11.0. The minimum absolute atomic E-state index is 0.0265. The maximum atomic E-state index is 11.0. The molecule has 0 saturated carbocycles. The lowest BCUT2D eigenvalue weighted by Crippen LogP contribution is -2.28. The van der Waals surface area contributed by atoms with Crippen molar-refractivity contribution in [3.63, 3.8) is 0 Å². The third-order valence-electron chi connectivity index (χ3n) is 2.73. The van der Waals surface area contributed by atoms with E-state index in [0.29, 0.717) is 26.4 Å². The van der Waals surface area contributed by atoms with Gasteiger partial charge in [0, 0.05) is 13.2 Å². The number of hydrogen-bond acceptors (Lipinski definition) is 6. The Hall–Kier alpha value is -0.950. The van der Waals surface area contributed by atoms with Gasteiger partial charge in [0.25, 0.3) is 0 Å². The Kier molecular flexibility index (Phi) is 12.0. The lowest BCUT2D eigenvalue weighted by atomic mass is 10.3. The van der Waals surface area contributed by atoms with Crippen LogP contribution < -0.4 is 0 Å². The first-order chi connectivity index (χ1) is 10.4. The zero-order valence-corrected chi connectivity index (χ0v) is 14.4. The van der Waals surface area contributed by atoms with Crippen LogP contribution in [0, 0.1) is 0 Å². The van der Waals surface area contributed by atoms with Gasteiger partial charge in [-0.2, -0.15) is 0 Å². The molecule has 0 heterocycles. The summed E-state index contributed by atoms with van der Waals surface area (Å²) >= 11 is 0. The first-order valence-corrected chi connectivity index (χ1v) is 7.55. The van der Waals surface area contributed by atoms with E-state index in [0.717, 1.165) is 6.08 Å². The van der Waals surface area contributed by atoms with Gasteiger partial charge in [-0.15, -0.1) is 0 Å². The monoisotopic (exact) mass is 318 g/mol. The molecule has 0 aliphatic rings. The second-order valence-electron chi connectivity index (χ2n) is 5.34. The zero-order valence-electron chi connectivity index (χ0n) is 14.4. The van der Waals surface area contributed by atoms with E-state index in [2.05, 4.69) is 6.58 Å². The minimum atomic E-state index is -0.448. The Morgan fingerprint density at radius 1 is 0.864 bits per heavy atom. The largest absolute Gasteiger partial charge is 0.457 e. The van der Waals surface area contributed by atoms with Gasteiger partial charge in [0.05, 0.1) is 44.7 Å². The van der Waals surface area contributed by atoms with Crippen LogP contribution in [0.25, 0.3) is 0 Å². The minimum Gasteiger partial charge on any atom is -0.457 e. The lowest BCUT2D eigenvalue weighted by Gasteiger charge is -2.20. The van der Waals surface area contributed by atoms with E-state index < -0.39 is 5.97 Å². The second kappa shape index (κ2) is 12.6. The third kappa shape index (κ3) is 11.7. The van der Waals surface area contributed by atoms with E-state index in [1.54, 1.807) is 14.0 Å². The summed E-state index contributed by atoms with van der Waals surface area (Å²) < 4.78 is 26.8. The van der Waals surface area contributed by atoms with Crippen LogP contribution in [-0.2, 0) is 28.5 Å². The number of carbonyl (C=O) groups excluding carboxylic acids is 1. The van der Waals surface area contributed by atoms with Gasteiger partial charge in [0.15, 0.2) is 0 Å². The highest BCUT2D eigenvalue weighted by atomic mass is 16.6. The van der Waals surface area contributed by atoms with Crippen LogP contribution in [0.5, 0.6) is 0 Å². The molecular weight excluding hydrogens is 288 g/mol. The predicted octanol–water partition coefficient (Wildman–Crippen LogP) is 1.97. The van der Waals surface area contributed by atoms with Crippen molar-refractivity contribution in [2.75, 3.05) is 33.5 Å². The average Bonchev–Trinajstić information content (AvgIpc) is 2.48. The van der Waals surface area contributed by atoms with Crippen LogP contribution in [0.4, 0.5) is 0 Å². The first kappa shape index (κ1) is 21.0. The highest BCUT2D eigenvalue weighted by Gasteiger charge is 2.12. The van der Waals surface area contributed by atoms with Gasteiger partial charge in [0.2, 0.25) is 0 Å². The molecule has 0 bridgehead atoms. The van der Waals surface area contributed by atoms with Gasteiger partial charge < -0.3 is 23.7 Å². The summed E-state index contributed by atoms with van der Waals surface area (Å²) in [6.07, 6.45) is 0.744. The van der Waals surface area contributed by atoms with Crippen molar-refractivity contribution in [1.29, 1.82) is 0 Å². The number of methoxy groups -OCH3 is 1. The molecule has 0 rings (SSSR count). The molecule has 0 saturated heterocycles. The van der Waals surface area contributed by atoms with Gasteiger partial charge in [0.1, 0.15) is 6.10 Å². The van der Waals surface area contributed by atoms with Gasteiger partial charge >= 0.3 is 5.97 Å². The standard InChI is InChI=1S/C16H30O6/c1-7-16(17)22-15(5)11-21-14(4)10-20-13(3)9-19-12(2)8-18-6/h7,12-15H,1,8-11H2,2-6H3. The van der Waals surface area contributed by atoms with Gasteiger partial charge in [-0.25, -0.2) is 4.79 Å². The maximum Gasteiger partial charge on any atom is 0.330 e. The van der Waals surface area contributed by atoms with E-state index in [1.165, 1.54) is 0 Å². The van der Waals surface area contributed by atoms with Crippen LogP contribution in [0.3, 0.4) is 0 Å². The number of esters is 1. The van der Waals surface area contributed by atoms with Crippen molar-refractivity contribution in [2.45, 2.75) is 52.1 Å². The maximum absolute atomic E-state index is 11.0. The summed E-state index contributed by atoms with van der Waals surface area (Å²) in [5.41, 5.74) is 0. The average molecular weight is 318 g/mol. The molecular formula is C16H30O6. The molecule has 6 heteroatoms. The Morgan fingerprint density at radius 3 is 1.68 bits per heavy atom. The van der Waals surface area contributed by atoms with E-state index in [4.69, 9.17) is 23.7 Å². The fourth-order valence-corrected chi connectivity index (χ4v) is 1.56. The smallest absolute Gasteiger partial charge is 0.330 e. The molecule has 0 N–H and O–H groups in total.